The summed E-state index contributed by atoms with van der Waals surface area (Å²) in [5, 5.41) is 13.1. The molecule has 0 unspecified atom stereocenters. The van der Waals surface area contributed by atoms with Crippen molar-refractivity contribution in [3.05, 3.63) is 107 Å². The highest BCUT2D eigenvalue weighted by Crippen LogP contribution is 2.34. The Kier molecular flexibility index (Phi) is 7.73. The zero-order valence-corrected chi connectivity index (χ0v) is 20.0. The number of allylic oxidation sites excluding steroid dienone is 8. The Balaban J connectivity index is 1.99. The first-order valence-corrected chi connectivity index (χ1v) is 11.3. The molecule has 1 aliphatic carbocycles. The summed E-state index contributed by atoms with van der Waals surface area (Å²) >= 11 is 0. The second-order valence-electron chi connectivity index (χ2n) is 8.19. The first-order chi connectivity index (χ1) is 15.9. The van der Waals surface area contributed by atoms with Gasteiger partial charge in [-0.3, -0.25) is 5.10 Å². The third kappa shape index (κ3) is 5.72. The largest absolute Gasteiger partial charge is 0.359 e. The van der Waals surface area contributed by atoms with E-state index in [1.165, 1.54) is 12.8 Å². The number of H-pyrrole nitrogens is 2. The molecule has 2 heterocycles. The van der Waals surface area contributed by atoms with Gasteiger partial charge in [-0.2, -0.15) is 5.10 Å². The number of aromatic amines is 2. The lowest BCUT2D eigenvalue weighted by Crippen LogP contribution is -2.23. The van der Waals surface area contributed by atoms with E-state index in [2.05, 4.69) is 78.0 Å². The van der Waals surface area contributed by atoms with Gasteiger partial charge in [0.25, 0.3) is 0 Å². The molecule has 1 fully saturated rings. The van der Waals surface area contributed by atoms with Crippen molar-refractivity contribution in [3.63, 3.8) is 0 Å². The van der Waals surface area contributed by atoms with E-state index < -0.39 is 0 Å². The van der Waals surface area contributed by atoms with Crippen LogP contribution in [-0.4, -0.2) is 15.2 Å². The van der Waals surface area contributed by atoms with Gasteiger partial charge in [-0.05, 0) is 80.5 Å². The summed E-state index contributed by atoms with van der Waals surface area (Å²) in [5.41, 5.74) is 7.85. The maximum atomic E-state index is 4.59. The molecule has 0 spiro atoms. The molecule has 33 heavy (non-hydrogen) atoms. The van der Waals surface area contributed by atoms with E-state index in [-0.39, 0.29) is 0 Å². The number of hydrogen-bond donors (Lipinski definition) is 3. The van der Waals surface area contributed by atoms with Gasteiger partial charge >= 0.3 is 0 Å². The molecule has 1 aliphatic rings. The minimum atomic E-state index is 0.573. The van der Waals surface area contributed by atoms with Crippen LogP contribution in [0.4, 0.5) is 0 Å². The first-order valence-electron chi connectivity index (χ1n) is 11.3. The van der Waals surface area contributed by atoms with E-state index in [1.807, 2.05) is 38.2 Å². The molecule has 0 bridgehead atoms. The summed E-state index contributed by atoms with van der Waals surface area (Å²) in [6.07, 6.45) is 18.2. The van der Waals surface area contributed by atoms with Crippen molar-refractivity contribution in [1.82, 2.24) is 20.5 Å². The fourth-order valence-corrected chi connectivity index (χ4v) is 3.63. The number of hydrogen-bond acceptors (Lipinski definition) is 2. The van der Waals surface area contributed by atoms with Crippen molar-refractivity contribution in [3.8, 4) is 11.4 Å². The maximum Gasteiger partial charge on any atom is 0.116 e. The summed E-state index contributed by atoms with van der Waals surface area (Å²) < 4.78 is 0. The van der Waals surface area contributed by atoms with Gasteiger partial charge in [-0.1, -0.05) is 56.7 Å². The second kappa shape index (κ2) is 10.7. The SMILES string of the molecule is C=C/C=C\c1cc(-c2n[nH]c(=C/C)/c2=C\C(=C)C(/C=C(\C=C)NC(=C)C2CC2)=C/C)[nH]c1C. The van der Waals surface area contributed by atoms with Crippen molar-refractivity contribution in [2.45, 2.75) is 33.6 Å². The maximum absolute atomic E-state index is 4.59. The van der Waals surface area contributed by atoms with Crippen molar-refractivity contribution in [2.24, 2.45) is 5.92 Å². The average molecular weight is 439 g/mol. The Labute approximate surface area is 196 Å². The van der Waals surface area contributed by atoms with Crippen molar-refractivity contribution >= 4 is 18.2 Å². The van der Waals surface area contributed by atoms with Crippen LogP contribution in [-0.2, 0) is 0 Å². The zero-order valence-electron chi connectivity index (χ0n) is 20.0. The van der Waals surface area contributed by atoms with Gasteiger partial charge in [0.2, 0.25) is 0 Å². The molecule has 3 rings (SSSR count). The molecule has 0 atom stereocenters. The first kappa shape index (κ1) is 23.9. The summed E-state index contributed by atoms with van der Waals surface area (Å²) in [7, 11) is 0. The lowest BCUT2D eigenvalue weighted by atomic mass is 10.0. The van der Waals surface area contributed by atoms with Crippen molar-refractivity contribution in [2.75, 3.05) is 0 Å². The van der Waals surface area contributed by atoms with Crippen LogP contribution in [0.3, 0.4) is 0 Å². The van der Waals surface area contributed by atoms with Crippen LogP contribution in [0.15, 0.2) is 85.3 Å². The molecular formula is C29H34N4. The predicted octanol–water partition coefficient (Wildman–Crippen LogP) is 5.58. The smallest absolute Gasteiger partial charge is 0.116 e. The molecule has 0 radical (unpaired) electrons. The fourth-order valence-electron chi connectivity index (χ4n) is 3.63. The lowest BCUT2D eigenvalue weighted by molar-refractivity contribution is 0.864. The molecule has 170 valence electrons. The van der Waals surface area contributed by atoms with Crippen LogP contribution >= 0.6 is 0 Å². The molecule has 1 saturated carbocycles. The Hall–Kier alpha value is -3.79. The van der Waals surface area contributed by atoms with Crippen molar-refractivity contribution < 1.29 is 0 Å². The summed E-state index contributed by atoms with van der Waals surface area (Å²) in [6.45, 7) is 22.3. The number of nitrogens with zero attached hydrogens (tertiary/aromatic N) is 1. The number of aromatic nitrogens is 3. The third-order valence-electron chi connectivity index (χ3n) is 5.75. The molecule has 4 heteroatoms. The van der Waals surface area contributed by atoms with E-state index >= 15 is 0 Å². The molecular weight excluding hydrogens is 404 g/mol. The zero-order chi connectivity index (χ0) is 24.0. The van der Waals surface area contributed by atoms with E-state index in [9.17, 15) is 0 Å². The Morgan fingerprint density at radius 2 is 1.97 bits per heavy atom. The molecule has 0 saturated heterocycles. The molecule has 0 amide bonds. The van der Waals surface area contributed by atoms with Crippen LogP contribution in [0.1, 0.15) is 37.9 Å². The van der Waals surface area contributed by atoms with Crippen molar-refractivity contribution in [1.29, 1.82) is 0 Å². The lowest BCUT2D eigenvalue weighted by Gasteiger charge is -2.11. The van der Waals surface area contributed by atoms with Gasteiger partial charge < -0.3 is 10.3 Å². The van der Waals surface area contributed by atoms with Gasteiger partial charge in [0.15, 0.2) is 0 Å². The molecule has 2 aromatic rings. The summed E-state index contributed by atoms with van der Waals surface area (Å²) in [4.78, 5) is 3.45. The fraction of sp³-hybridized carbons (Fsp3) is 0.207. The van der Waals surface area contributed by atoms with Crippen LogP contribution in [0.5, 0.6) is 0 Å². The molecule has 4 nitrogen and oxygen atoms in total. The normalized spacial score (nSPS) is 15.8. The van der Waals surface area contributed by atoms with E-state index in [0.717, 1.165) is 55.8 Å². The summed E-state index contributed by atoms with van der Waals surface area (Å²) in [6, 6.07) is 2.10. The Morgan fingerprint density at radius 3 is 2.58 bits per heavy atom. The summed E-state index contributed by atoms with van der Waals surface area (Å²) in [5.74, 6) is 0.573. The van der Waals surface area contributed by atoms with Gasteiger partial charge in [-0.25, -0.2) is 0 Å². The minimum absolute atomic E-state index is 0.573. The molecule has 0 aliphatic heterocycles. The van der Waals surface area contributed by atoms with Gasteiger partial charge in [0.1, 0.15) is 5.69 Å². The Bertz CT molecular complexity index is 1280. The van der Waals surface area contributed by atoms with E-state index in [4.69, 9.17) is 0 Å². The standard InChI is InChI=1S/C29H34N4/c1-8-12-13-24-18-28(31-21(24)7)29-26(27(11-4)32-33-29)16-19(5)22(9-2)17-25(10-3)30-20(6)23-14-15-23/h8-13,16-18,23,30-32H,1,3,5-6,14-15H2,2,4,7H3/b13-12-,22-9+,25-17+,26-16+,27-11+. The monoisotopic (exact) mass is 438 g/mol. The van der Waals surface area contributed by atoms with Gasteiger partial charge in [-0.15, -0.1) is 0 Å². The quantitative estimate of drug-likeness (QED) is 0.424. The number of rotatable bonds is 10. The Morgan fingerprint density at radius 1 is 1.21 bits per heavy atom. The number of aryl methyl sites for hydroxylation is 1. The van der Waals surface area contributed by atoms with E-state index in [0.29, 0.717) is 5.92 Å². The predicted molar refractivity (Wildman–Crippen MR) is 142 cm³/mol. The highest BCUT2D eigenvalue weighted by atomic mass is 15.1. The molecule has 0 aromatic carbocycles. The molecule has 2 aromatic heterocycles. The van der Waals surface area contributed by atoms with Crippen LogP contribution in [0, 0.1) is 12.8 Å². The van der Waals surface area contributed by atoms with Crippen LogP contribution in [0.2, 0.25) is 0 Å². The van der Waals surface area contributed by atoms with Crippen LogP contribution in [0.25, 0.3) is 29.6 Å². The highest BCUT2D eigenvalue weighted by molar-refractivity contribution is 5.69. The average Bonchev–Trinajstić information content (AvgIpc) is 3.50. The van der Waals surface area contributed by atoms with E-state index in [1.54, 1.807) is 6.08 Å². The van der Waals surface area contributed by atoms with Crippen LogP contribution < -0.4 is 15.9 Å². The number of nitrogens with one attached hydrogen (secondary N) is 3. The minimum Gasteiger partial charge on any atom is -0.359 e. The van der Waals surface area contributed by atoms with Gasteiger partial charge in [0, 0.05) is 22.3 Å². The second-order valence-corrected chi connectivity index (χ2v) is 8.19. The van der Waals surface area contributed by atoms with Gasteiger partial charge in [0.05, 0.1) is 11.0 Å². The highest BCUT2D eigenvalue weighted by Gasteiger charge is 2.24. The molecule has 3 N–H and O–H groups in total. The topological polar surface area (TPSA) is 56.5 Å². The third-order valence-corrected chi connectivity index (χ3v) is 5.75.